The number of nitrogens with one attached hydrogen (secondary N) is 2. The maximum Gasteiger partial charge on any atom is 0.261 e. The lowest BCUT2D eigenvalue weighted by molar-refractivity contribution is 0.175. The van der Waals surface area contributed by atoms with Gasteiger partial charge in [-0.2, -0.15) is 0 Å². The van der Waals surface area contributed by atoms with Crippen molar-refractivity contribution < 1.29 is 13.5 Å². The van der Waals surface area contributed by atoms with E-state index in [-0.39, 0.29) is 10.8 Å². The number of halogens is 1. The molecule has 3 rings (SSSR count). The first-order valence-electron chi connectivity index (χ1n) is 10.6. The maximum absolute atomic E-state index is 12.7. The first kappa shape index (κ1) is 24.3. The van der Waals surface area contributed by atoms with Crippen molar-refractivity contribution in [1.29, 1.82) is 0 Å². The Bertz CT molecular complexity index is 1130. The van der Waals surface area contributed by atoms with Gasteiger partial charge in [0.2, 0.25) is 0 Å². The van der Waals surface area contributed by atoms with Crippen LogP contribution in [0.25, 0.3) is 0 Å². The summed E-state index contributed by atoms with van der Waals surface area (Å²) in [6, 6.07) is 21.5. The number of sulfonamides is 1. The van der Waals surface area contributed by atoms with Gasteiger partial charge in [-0.05, 0) is 72.0 Å². The molecule has 0 heterocycles. The summed E-state index contributed by atoms with van der Waals surface area (Å²) in [6.07, 6.45) is 0.130. The number of hydrogen-bond acceptors (Lipinski definition) is 4. The molecule has 0 amide bonds. The molecular formula is C25H29ClN2O3S. The van der Waals surface area contributed by atoms with Crippen molar-refractivity contribution >= 4 is 27.3 Å². The minimum atomic E-state index is -3.64. The first-order chi connectivity index (χ1) is 15.2. The zero-order valence-corrected chi connectivity index (χ0v) is 19.8. The van der Waals surface area contributed by atoms with Crippen molar-refractivity contribution in [3.63, 3.8) is 0 Å². The molecule has 3 aromatic rings. The topological polar surface area (TPSA) is 78.4 Å². The molecular weight excluding hydrogens is 444 g/mol. The smallest absolute Gasteiger partial charge is 0.261 e. The number of benzene rings is 3. The highest BCUT2D eigenvalue weighted by molar-refractivity contribution is 7.92. The van der Waals surface area contributed by atoms with Crippen molar-refractivity contribution in [2.45, 2.75) is 37.2 Å². The molecule has 0 fully saturated rings. The van der Waals surface area contributed by atoms with Gasteiger partial charge in [0.25, 0.3) is 10.0 Å². The quantitative estimate of drug-likeness (QED) is 0.357. The molecule has 170 valence electrons. The molecule has 3 aromatic carbocycles. The fourth-order valence-electron chi connectivity index (χ4n) is 3.30. The van der Waals surface area contributed by atoms with Crippen LogP contribution in [0.5, 0.6) is 0 Å². The van der Waals surface area contributed by atoms with Gasteiger partial charge in [0, 0.05) is 17.3 Å². The van der Waals surface area contributed by atoms with Crippen LogP contribution >= 0.6 is 11.6 Å². The molecule has 1 unspecified atom stereocenters. The Kier molecular flexibility index (Phi) is 8.32. The molecule has 0 aromatic heterocycles. The lowest BCUT2D eigenvalue weighted by Gasteiger charge is -2.13. The Hall–Kier alpha value is -2.38. The summed E-state index contributed by atoms with van der Waals surface area (Å²) in [5.41, 5.74) is 3.35. The highest BCUT2D eigenvalue weighted by Crippen LogP contribution is 2.21. The van der Waals surface area contributed by atoms with Crippen LogP contribution in [0.15, 0.2) is 77.7 Å². The molecule has 1 atom stereocenters. The average molecular weight is 473 g/mol. The molecule has 0 saturated carbocycles. The van der Waals surface area contributed by atoms with Crippen molar-refractivity contribution in [2.24, 2.45) is 0 Å². The highest BCUT2D eigenvalue weighted by atomic mass is 35.5. The van der Waals surface area contributed by atoms with E-state index in [2.05, 4.69) is 10.0 Å². The van der Waals surface area contributed by atoms with E-state index in [0.717, 1.165) is 23.1 Å². The summed E-state index contributed by atoms with van der Waals surface area (Å²) in [6.45, 7) is 5.17. The van der Waals surface area contributed by atoms with E-state index in [1.54, 1.807) is 42.5 Å². The fourth-order valence-corrected chi connectivity index (χ4v) is 4.61. The number of aliphatic hydroxyl groups is 1. The predicted octanol–water partition coefficient (Wildman–Crippen LogP) is 5.13. The Morgan fingerprint density at radius 2 is 1.62 bits per heavy atom. The van der Waals surface area contributed by atoms with Crippen LogP contribution in [-0.4, -0.2) is 26.6 Å². The molecule has 7 heteroatoms. The number of aliphatic hydroxyl groups excluding tert-OH is 1. The van der Waals surface area contributed by atoms with Crippen molar-refractivity contribution in [1.82, 2.24) is 5.32 Å². The van der Waals surface area contributed by atoms with E-state index in [1.807, 2.05) is 44.2 Å². The summed E-state index contributed by atoms with van der Waals surface area (Å²) in [7, 11) is -3.64. The molecule has 0 aliphatic heterocycles. The van der Waals surface area contributed by atoms with E-state index in [0.29, 0.717) is 23.8 Å². The summed E-state index contributed by atoms with van der Waals surface area (Å²) in [5, 5.41) is 14.1. The summed E-state index contributed by atoms with van der Waals surface area (Å²) in [4.78, 5) is 0.259. The second kappa shape index (κ2) is 11.0. The molecule has 0 aliphatic carbocycles. The number of anilines is 1. The van der Waals surface area contributed by atoms with Gasteiger partial charge in [0.15, 0.2) is 0 Å². The van der Waals surface area contributed by atoms with Gasteiger partial charge in [0.1, 0.15) is 0 Å². The van der Waals surface area contributed by atoms with Crippen LogP contribution in [0.4, 0.5) is 5.69 Å². The Morgan fingerprint density at radius 3 is 2.31 bits per heavy atom. The van der Waals surface area contributed by atoms with Crippen LogP contribution in [-0.2, 0) is 16.4 Å². The van der Waals surface area contributed by atoms with Crippen LogP contribution in [0.3, 0.4) is 0 Å². The molecule has 0 aliphatic rings. The van der Waals surface area contributed by atoms with Crippen LogP contribution < -0.4 is 10.0 Å². The average Bonchev–Trinajstić information content (AvgIpc) is 2.77. The molecule has 5 nitrogen and oxygen atoms in total. The normalized spacial score (nSPS) is 12.7. The van der Waals surface area contributed by atoms with Gasteiger partial charge in [-0.1, -0.05) is 61.8 Å². The second-order valence-corrected chi connectivity index (χ2v) is 10.2. The lowest BCUT2D eigenvalue weighted by atomic mass is 10.0. The zero-order valence-electron chi connectivity index (χ0n) is 18.3. The third-order valence-corrected chi connectivity index (χ3v) is 6.82. The molecule has 0 spiro atoms. The van der Waals surface area contributed by atoms with E-state index >= 15 is 0 Å². The van der Waals surface area contributed by atoms with E-state index < -0.39 is 16.1 Å². The monoisotopic (exact) mass is 472 g/mol. The van der Waals surface area contributed by atoms with Crippen molar-refractivity contribution in [3.8, 4) is 0 Å². The van der Waals surface area contributed by atoms with E-state index in [9.17, 15) is 13.5 Å². The van der Waals surface area contributed by atoms with Crippen molar-refractivity contribution in [2.75, 3.05) is 17.8 Å². The second-order valence-electron chi connectivity index (χ2n) is 8.05. The molecule has 3 N–H and O–H groups in total. The summed E-state index contributed by atoms with van der Waals surface area (Å²) < 4.78 is 28.1. The Morgan fingerprint density at radius 1 is 0.938 bits per heavy atom. The predicted molar refractivity (Wildman–Crippen MR) is 131 cm³/mol. The van der Waals surface area contributed by atoms with E-state index in [4.69, 9.17) is 11.6 Å². The van der Waals surface area contributed by atoms with Crippen LogP contribution in [0.1, 0.15) is 42.6 Å². The minimum Gasteiger partial charge on any atom is -0.387 e. The largest absolute Gasteiger partial charge is 0.387 e. The SMILES string of the molecule is CC(C)c1cccc(S(=O)(=O)Nc2ccc(CCNCC(O)c3cccc(Cl)c3)cc2)c1. The molecule has 0 saturated heterocycles. The van der Waals surface area contributed by atoms with Crippen molar-refractivity contribution in [3.05, 3.63) is 94.5 Å². The van der Waals surface area contributed by atoms with Gasteiger partial charge in [0.05, 0.1) is 11.0 Å². The van der Waals surface area contributed by atoms with Gasteiger partial charge >= 0.3 is 0 Å². The lowest BCUT2D eigenvalue weighted by Crippen LogP contribution is -2.23. The highest BCUT2D eigenvalue weighted by Gasteiger charge is 2.15. The van der Waals surface area contributed by atoms with Gasteiger partial charge < -0.3 is 10.4 Å². The van der Waals surface area contributed by atoms with E-state index in [1.165, 1.54) is 0 Å². The molecule has 32 heavy (non-hydrogen) atoms. The van der Waals surface area contributed by atoms with Crippen LogP contribution in [0.2, 0.25) is 5.02 Å². The zero-order chi connectivity index (χ0) is 23.1. The van der Waals surface area contributed by atoms with Gasteiger partial charge in [-0.15, -0.1) is 0 Å². The third kappa shape index (κ3) is 6.81. The van der Waals surface area contributed by atoms with Gasteiger partial charge in [-0.25, -0.2) is 8.42 Å². The number of rotatable bonds is 10. The molecule has 0 bridgehead atoms. The third-order valence-electron chi connectivity index (χ3n) is 5.20. The first-order valence-corrected chi connectivity index (χ1v) is 12.5. The summed E-state index contributed by atoms with van der Waals surface area (Å²) in [5.74, 6) is 0.254. The van der Waals surface area contributed by atoms with Crippen LogP contribution in [0, 0.1) is 0 Å². The minimum absolute atomic E-state index is 0.254. The molecule has 0 radical (unpaired) electrons. The Labute approximate surface area is 195 Å². The van der Waals surface area contributed by atoms with Gasteiger partial charge in [-0.3, -0.25) is 4.72 Å². The standard InChI is InChI=1S/C25H29ClN2O3S/c1-18(2)20-5-4-8-24(16-20)32(30,31)28-23-11-9-19(10-12-23)13-14-27-17-25(29)21-6-3-7-22(26)15-21/h3-12,15-16,18,25,27-29H,13-14,17H2,1-2H3. The fraction of sp³-hybridized carbons (Fsp3) is 0.280. The summed E-state index contributed by atoms with van der Waals surface area (Å²) >= 11 is 5.96. The Balaban J connectivity index is 1.51. The number of hydrogen-bond donors (Lipinski definition) is 3. The maximum atomic E-state index is 12.7.